The molecule has 2 aromatic rings. The van der Waals surface area contributed by atoms with E-state index in [0.717, 1.165) is 12.8 Å². The number of hydrogen-bond acceptors (Lipinski definition) is 3. The molecule has 0 spiro atoms. The van der Waals surface area contributed by atoms with Gasteiger partial charge in [0.2, 0.25) is 10.0 Å². The molecule has 2 rings (SSSR count). The Hall–Kier alpha value is -1.89. The third-order valence-electron chi connectivity index (χ3n) is 4.61. The molecule has 0 aliphatic rings. The molecule has 0 saturated carbocycles. The van der Waals surface area contributed by atoms with Crippen molar-refractivity contribution in [3.8, 4) is 0 Å². The average Bonchev–Trinajstić information content (AvgIpc) is 2.68. The molecule has 0 aromatic heterocycles. The maximum absolute atomic E-state index is 12.7. The van der Waals surface area contributed by atoms with Gasteiger partial charge in [0.25, 0.3) is 5.91 Å². The average molecular weight is 423 g/mol. The lowest BCUT2D eigenvalue weighted by molar-refractivity contribution is 0.0938. The Balaban J connectivity index is 2.12. The van der Waals surface area contributed by atoms with Crippen LogP contribution in [-0.4, -0.2) is 37.8 Å². The van der Waals surface area contributed by atoms with Crippen LogP contribution in [0.1, 0.15) is 43.1 Å². The molecule has 152 valence electrons. The number of nitrogens with one attached hydrogen (secondary N) is 1. The standard InChI is InChI=1S/C21H27ClN2O3S/c1-4-24(5-2)28(26,27)18-13-14-20(22)19(15-18)21(25)23-16(3)11-12-17-9-7-6-8-10-17/h6-10,13-16H,4-5,11-12H2,1-3H3,(H,23,25)/t16-/m0/s1. The minimum atomic E-state index is -3.65. The number of amides is 1. The van der Waals surface area contributed by atoms with Crippen LogP contribution in [0.25, 0.3) is 0 Å². The van der Waals surface area contributed by atoms with Crippen molar-refractivity contribution in [3.05, 3.63) is 64.7 Å². The summed E-state index contributed by atoms with van der Waals surface area (Å²) in [6, 6.07) is 14.2. The molecule has 0 aliphatic heterocycles. The van der Waals surface area contributed by atoms with E-state index in [0.29, 0.717) is 13.1 Å². The highest BCUT2D eigenvalue weighted by Crippen LogP contribution is 2.23. The summed E-state index contributed by atoms with van der Waals surface area (Å²) in [5.41, 5.74) is 1.37. The SMILES string of the molecule is CCN(CC)S(=O)(=O)c1ccc(Cl)c(C(=O)N[C@@H](C)CCc2ccccc2)c1. The summed E-state index contributed by atoms with van der Waals surface area (Å²) in [6.45, 7) is 6.20. The van der Waals surface area contributed by atoms with Gasteiger partial charge in [-0.15, -0.1) is 0 Å². The minimum Gasteiger partial charge on any atom is -0.350 e. The highest BCUT2D eigenvalue weighted by Gasteiger charge is 2.24. The van der Waals surface area contributed by atoms with Gasteiger partial charge in [0, 0.05) is 19.1 Å². The summed E-state index contributed by atoms with van der Waals surface area (Å²) in [7, 11) is -3.65. The van der Waals surface area contributed by atoms with E-state index in [1.165, 1.54) is 28.1 Å². The second-order valence-electron chi connectivity index (χ2n) is 6.63. The highest BCUT2D eigenvalue weighted by molar-refractivity contribution is 7.89. The van der Waals surface area contributed by atoms with E-state index >= 15 is 0 Å². The number of carbonyl (C=O) groups is 1. The molecule has 2 aromatic carbocycles. The van der Waals surface area contributed by atoms with E-state index in [4.69, 9.17) is 11.6 Å². The van der Waals surface area contributed by atoms with Crippen molar-refractivity contribution in [3.63, 3.8) is 0 Å². The molecule has 7 heteroatoms. The Kier molecular flexibility index (Phi) is 8.04. The Morgan fingerprint density at radius 2 is 1.75 bits per heavy atom. The Morgan fingerprint density at radius 3 is 2.36 bits per heavy atom. The van der Waals surface area contributed by atoms with Gasteiger partial charge in [-0.3, -0.25) is 4.79 Å². The normalized spacial score (nSPS) is 12.8. The van der Waals surface area contributed by atoms with Gasteiger partial charge in [0.1, 0.15) is 0 Å². The fourth-order valence-corrected chi connectivity index (χ4v) is 4.64. The van der Waals surface area contributed by atoms with Gasteiger partial charge in [-0.25, -0.2) is 8.42 Å². The van der Waals surface area contributed by atoms with Gasteiger partial charge in [0.15, 0.2) is 0 Å². The van der Waals surface area contributed by atoms with Gasteiger partial charge in [-0.05, 0) is 43.5 Å². The topological polar surface area (TPSA) is 66.5 Å². The Labute approximate surface area is 172 Å². The van der Waals surface area contributed by atoms with E-state index in [2.05, 4.69) is 5.32 Å². The first-order valence-electron chi connectivity index (χ1n) is 9.44. The molecule has 0 aliphatic carbocycles. The van der Waals surface area contributed by atoms with Crippen LogP contribution in [0.3, 0.4) is 0 Å². The maximum atomic E-state index is 12.7. The quantitative estimate of drug-likeness (QED) is 0.660. The lowest BCUT2D eigenvalue weighted by Gasteiger charge is -2.19. The summed E-state index contributed by atoms with van der Waals surface area (Å²) >= 11 is 6.18. The first kappa shape index (κ1) is 22.4. The number of hydrogen-bond donors (Lipinski definition) is 1. The van der Waals surface area contributed by atoms with E-state index in [9.17, 15) is 13.2 Å². The van der Waals surface area contributed by atoms with Crippen molar-refractivity contribution in [2.75, 3.05) is 13.1 Å². The maximum Gasteiger partial charge on any atom is 0.253 e. The van der Waals surface area contributed by atoms with Crippen molar-refractivity contribution < 1.29 is 13.2 Å². The zero-order valence-electron chi connectivity index (χ0n) is 16.5. The molecule has 0 unspecified atom stereocenters. The van der Waals surface area contributed by atoms with Crippen LogP contribution in [0.2, 0.25) is 5.02 Å². The first-order valence-corrected chi connectivity index (χ1v) is 11.3. The summed E-state index contributed by atoms with van der Waals surface area (Å²) in [5, 5.41) is 3.14. The van der Waals surface area contributed by atoms with Crippen molar-refractivity contribution in [1.82, 2.24) is 9.62 Å². The second kappa shape index (κ2) is 10.0. The van der Waals surface area contributed by atoms with E-state index in [1.807, 2.05) is 37.3 Å². The molecule has 1 N–H and O–H groups in total. The molecular weight excluding hydrogens is 396 g/mol. The zero-order chi connectivity index (χ0) is 20.7. The largest absolute Gasteiger partial charge is 0.350 e. The summed E-state index contributed by atoms with van der Waals surface area (Å²) < 4.78 is 26.8. The number of nitrogens with zero attached hydrogens (tertiary/aromatic N) is 1. The Morgan fingerprint density at radius 1 is 1.11 bits per heavy atom. The molecule has 0 saturated heterocycles. The predicted molar refractivity (Wildman–Crippen MR) is 113 cm³/mol. The van der Waals surface area contributed by atoms with Gasteiger partial charge >= 0.3 is 0 Å². The zero-order valence-corrected chi connectivity index (χ0v) is 18.1. The van der Waals surface area contributed by atoms with Gasteiger partial charge in [-0.2, -0.15) is 4.31 Å². The monoisotopic (exact) mass is 422 g/mol. The molecular formula is C21H27ClN2O3S. The lowest BCUT2D eigenvalue weighted by Crippen LogP contribution is -2.34. The highest BCUT2D eigenvalue weighted by atomic mass is 35.5. The molecule has 5 nitrogen and oxygen atoms in total. The van der Waals surface area contributed by atoms with Gasteiger partial charge in [-0.1, -0.05) is 55.8 Å². The van der Waals surface area contributed by atoms with Crippen LogP contribution in [0.15, 0.2) is 53.4 Å². The molecule has 1 atom stereocenters. The number of carbonyl (C=O) groups excluding carboxylic acids is 1. The molecule has 0 fully saturated rings. The summed E-state index contributed by atoms with van der Waals surface area (Å²) in [5.74, 6) is -0.373. The van der Waals surface area contributed by atoms with Crippen molar-refractivity contribution >= 4 is 27.5 Å². The number of rotatable bonds is 9. The fraction of sp³-hybridized carbons (Fsp3) is 0.381. The van der Waals surface area contributed by atoms with Crippen molar-refractivity contribution in [2.24, 2.45) is 0 Å². The molecule has 1 amide bonds. The van der Waals surface area contributed by atoms with Gasteiger partial charge in [0.05, 0.1) is 15.5 Å². The molecule has 0 heterocycles. The Bertz CT molecular complexity index is 897. The van der Waals surface area contributed by atoms with Crippen LogP contribution in [0, 0.1) is 0 Å². The number of aryl methyl sites for hydroxylation is 1. The van der Waals surface area contributed by atoms with E-state index in [-0.39, 0.29) is 27.4 Å². The number of sulfonamides is 1. The van der Waals surface area contributed by atoms with Crippen LogP contribution in [-0.2, 0) is 16.4 Å². The van der Waals surface area contributed by atoms with Crippen LogP contribution < -0.4 is 5.32 Å². The van der Waals surface area contributed by atoms with Crippen molar-refractivity contribution in [2.45, 2.75) is 44.6 Å². The van der Waals surface area contributed by atoms with Gasteiger partial charge < -0.3 is 5.32 Å². The summed E-state index contributed by atoms with van der Waals surface area (Å²) in [4.78, 5) is 12.7. The third-order valence-corrected chi connectivity index (χ3v) is 6.99. The van der Waals surface area contributed by atoms with Crippen molar-refractivity contribution in [1.29, 1.82) is 0 Å². The second-order valence-corrected chi connectivity index (χ2v) is 8.97. The fourth-order valence-electron chi connectivity index (χ4n) is 2.95. The molecule has 0 radical (unpaired) electrons. The third kappa shape index (κ3) is 5.56. The number of halogens is 1. The lowest BCUT2D eigenvalue weighted by atomic mass is 10.1. The smallest absolute Gasteiger partial charge is 0.253 e. The first-order chi connectivity index (χ1) is 13.3. The van der Waals surface area contributed by atoms with Crippen LogP contribution >= 0.6 is 11.6 Å². The van der Waals surface area contributed by atoms with Crippen LogP contribution in [0.4, 0.5) is 0 Å². The summed E-state index contributed by atoms with van der Waals surface area (Å²) in [6.07, 6.45) is 1.61. The predicted octanol–water partition coefficient (Wildman–Crippen LogP) is 4.12. The molecule has 0 bridgehead atoms. The van der Waals surface area contributed by atoms with E-state index < -0.39 is 10.0 Å². The van der Waals surface area contributed by atoms with Crippen LogP contribution in [0.5, 0.6) is 0 Å². The molecule has 28 heavy (non-hydrogen) atoms. The van der Waals surface area contributed by atoms with E-state index in [1.54, 1.807) is 13.8 Å². The number of benzene rings is 2. The minimum absolute atomic E-state index is 0.0719.